The van der Waals surface area contributed by atoms with Gasteiger partial charge < -0.3 is 0 Å². The summed E-state index contributed by atoms with van der Waals surface area (Å²) >= 11 is 5.89. The van der Waals surface area contributed by atoms with Crippen molar-refractivity contribution in [2.45, 2.75) is 17.7 Å². The second-order valence-electron chi connectivity index (χ2n) is 2.77. The molecule has 1 aromatic carbocycles. The van der Waals surface area contributed by atoms with Crippen LogP contribution in [-0.2, 0) is 0 Å². The third kappa shape index (κ3) is 1.04. The predicted octanol–water partition coefficient (Wildman–Crippen LogP) is 2.78. The van der Waals surface area contributed by atoms with E-state index in [0.29, 0.717) is 11.3 Å². The first-order chi connectivity index (χ1) is 4.88. The maximum atomic E-state index is 5.89. The highest BCUT2D eigenvalue weighted by Gasteiger charge is 2.35. The zero-order valence-corrected chi connectivity index (χ0v) is 6.38. The second kappa shape index (κ2) is 2.28. The fraction of sp³-hybridized carbons (Fsp3) is 0.333. The fourth-order valence-electron chi connectivity index (χ4n) is 1.21. The van der Waals surface area contributed by atoms with Crippen LogP contribution in [0.5, 0.6) is 0 Å². The van der Waals surface area contributed by atoms with E-state index in [4.69, 9.17) is 11.6 Å². The van der Waals surface area contributed by atoms with Crippen molar-refractivity contribution in [2.24, 2.45) is 0 Å². The van der Waals surface area contributed by atoms with Gasteiger partial charge in [-0.05, 0) is 12.0 Å². The van der Waals surface area contributed by atoms with E-state index < -0.39 is 0 Å². The molecule has 1 saturated carbocycles. The summed E-state index contributed by atoms with van der Waals surface area (Å²) in [5.74, 6) is 0.642. The number of hydrogen-bond donors (Lipinski definition) is 0. The van der Waals surface area contributed by atoms with E-state index in [1.54, 1.807) is 0 Å². The summed E-state index contributed by atoms with van der Waals surface area (Å²) in [6.07, 6.45) is 1.16. The third-order valence-corrected chi connectivity index (χ3v) is 2.42. The van der Waals surface area contributed by atoms with Crippen LogP contribution in [-0.4, -0.2) is 5.38 Å². The van der Waals surface area contributed by atoms with Crippen molar-refractivity contribution in [2.75, 3.05) is 0 Å². The van der Waals surface area contributed by atoms with Crippen molar-refractivity contribution in [3.05, 3.63) is 35.9 Å². The van der Waals surface area contributed by atoms with Crippen molar-refractivity contribution in [1.82, 2.24) is 0 Å². The summed E-state index contributed by atoms with van der Waals surface area (Å²) in [5.41, 5.74) is 1.39. The first kappa shape index (κ1) is 6.23. The van der Waals surface area contributed by atoms with Crippen molar-refractivity contribution >= 4 is 11.6 Å². The molecule has 2 rings (SSSR count). The Morgan fingerprint density at radius 3 is 2.30 bits per heavy atom. The van der Waals surface area contributed by atoms with E-state index in [1.165, 1.54) is 5.56 Å². The molecule has 0 amide bonds. The second-order valence-corrected chi connectivity index (χ2v) is 3.33. The minimum Gasteiger partial charge on any atom is -0.122 e. The van der Waals surface area contributed by atoms with Crippen LogP contribution < -0.4 is 0 Å². The molecule has 0 aliphatic heterocycles. The molecule has 1 heteroatoms. The predicted molar refractivity (Wildman–Crippen MR) is 43.4 cm³/mol. The summed E-state index contributed by atoms with van der Waals surface area (Å²) in [4.78, 5) is 0. The van der Waals surface area contributed by atoms with Gasteiger partial charge in [0.05, 0.1) is 0 Å². The first-order valence-corrected chi connectivity index (χ1v) is 4.00. The Hall–Kier alpha value is -0.490. The topological polar surface area (TPSA) is 0 Å². The molecule has 10 heavy (non-hydrogen) atoms. The maximum Gasteiger partial charge on any atom is 0.0411 e. The molecular weight excluding hydrogens is 144 g/mol. The molecule has 0 saturated heterocycles. The maximum absolute atomic E-state index is 5.89. The molecular formula is C9H9Cl. The lowest BCUT2D eigenvalue weighted by Crippen LogP contribution is -1.78. The van der Waals surface area contributed by atoms with Crippen LogP contribution in [0.25, 0.3) is 0 Å². The van der Waals surface area contributed by atoms with E-state index in [0.717, 1.165) is 6.42 Å². The van der Waals surface area contributed by atoms with Gasteiger partial charge in [-0.2, -0.15) is 0 Å². The molecule has 0 bridgehead atoms. The number of alkyl halides is 1. The summed E-state index contributed by atoms with van der Waals surface area (Å²) in [7, 11) is 0. The van der Waals surface area contributed by atoms with Gasteiger partial charge >= 0.3 is 0 Å². The van der Waals surface area contributed by atoms with Crippen LogP contribution in [0.4, 0.5) is 0 Å². The Kier molecular flexibility index (Phi) is 1.42. The molecule has 2 atom stereocenters. The zero-order chi connectivity index (χ0) is 6.97. The van der Waals surface area contributed by atoms with E-state index in [2.05, 4.69) is 24.3 Å². The Morgan fingerprint density at radius 2 is 1.80 bits per heavy atom. The smallest absolute Gasteiger partial charge is 0.0411 e. The molecule has 0 heterocycles. The molecule has 0 nitrogen and oxygen atoms in total. The van der Waals surface area contributed by atoms with Gasteiger partial charge in [-0.3, -0.25) is 0 Å². The molecule has 52 valence electrons. The lowest BCUT2D eigenvalue weighted by Gasteiger charge is -1.93. The van der Waals surface area contributed by atoms with Crippen LogP contribution in [0.3, 0.4) is 0 Å². The molecule has 0 aromatic heterocycles. The molecule has 1 aliphatic carbocycles. The molecule has 1 fully saturated rings. The number of rotatable bonds is 1. The van der Waals surface area contributed by atoms with E-state index in [1.807, 2.05) is 6.07 Å². The number of benzene rings is 1. The van der Waals surface area contributed by atoms with Gasteiger partial charge in [0.2, 0.25) is 0 Å². The van der Waals surface area contributed by atoms with Crippen molar-refractivity contribution in [3.63, 3.8) is 0 Å². The molecule has 1 aromatic rings. The Bertz CT molecular complexity index is 217. The van der Waals surface area contributed by atoms with Crippen LogP contribution in [0.2, 0.25) is 0 Å². The van der Waals surface area contributed by atoms with Crippen LogP contribution in [0.1, 0.15) is 17.9 Å². The van der Waals surface area contributed by atoms with Gasteiger partial charge in [0.1, 0.15) is 0 Å². The average molecular weight is 153 g/mol. The lowest BCUT2D eigenvalue weighted by atomic mass is 10.1. The van der Waals surface area contributed by atoms with Crippen LogP contribution in [0.15, 0.2) is 30.3 Å². The normalized spacial score (nSPS) is 30.1. The SMILES string of the molecule is Cl[C@H]1C[C@@H]1c1ccccc1. The van der Waals surface area contributed by atoms with Gasteiger partial charge in [0, 0.05) is 11.3 Å². The van der Waals surface area contributed by atoms with Crippen molar-refractivity contribution < 1.29 is 0 Å². The summed E-state index contributed by atoms with van der Waals surface area (Å²) in [6, 6.07) is 10.5. The van der Waals surface area contributed by atoms with Gasteiger partial charge in [-0.15, -0.1) is 11.6 Å². The Morgan fingerprint density at radius 1 is 1.20 bits per heavy atom. The Balaban J connectivity index is 2.20. The molecule has 0 radical (unpaired) electrons. The Labute approximate surface area is 65.8 Å². The molecule has 0 spiro atoms. The highest BCUT2D eigenvalue weighted by atomic mass is 35.5. The van der Waals surface area contributed by atoms with Gasteiger partial charge in [-0.1, -0.05) is 30.3 Å². The van der Waals surface area contributed by atoms with Gasteiger partial charge in [0.15, 0.2) is 0 Å². The highest BCUT2D eigenvalue weighted by molar-refractivity contribution is 6.23. The minimum absolute atomic E-state index is 0.405. The van der Waals surface area contributed by atoms with Crippen LogP contribution >= 0.6 is 11.6 Å². The minimum atomic E-state index is 0.405. The van der Waals surface area contributed by atoms with Crippen LogP contribution in [0, 0.1) is 0 Å². The average Bonchev–Trinajstić information content (AvgIpc) is 2.69. The van der Waals surface area contributed by atoms with E-state index >= 15 is 0 Å². The zero-order valence-electron chi connectivity index (χ0n) is 5.63. The van der Waals surface area contributed by atoms with E-state index in [9.17, 15) is 0 Å². The van der Waals surface area contributed by atoms with Crippen molar-refractivity contribution in [1.29, 1.82) is 0 Å². The monoisotopic (exact) mass is 152 g/mol. The first-order valence-electron chi connectivity index (χ1n) is 3.57. The lowest BCUT2D eigenvalue weighted by molar-refractivity contribution is 1.13. The quantitative estimate of drug-likeness (QED) is 0.543. The summed E-state index contributed by atoms with van der Waals surface area (Å²) in [5, 5.41) is 0.405. The molecule has 1 aliphatic rings. The fourth-order valence-corrected chi connectivity index (χ4v) is 1.55. The van der Waals surface area contributed by atoms with E-state index in [-0.39, 0.29) is 0 Å². The summed E-state index contributed by atoms with van der Waals surface area (Å²) < 4.78 is 0. The molecule has 0 N–H and O–H groups in total. The van der Waals surface area contributed by atoms with Crippen molar-refractivity contribution in [3.8, 4) is 0 Å². The van der Waals surface area contributed by atoms with Gasteiger partial charge in [0.25, 0.3) is 0 Å². The van der Waals surface area contributed by atoms with Gasteiger partial charge in [-0.25, -0.2) is 0 Å². The summed E-state index contributed by atoms with van der Waals surface area (Å²) in [6.45, 7) is 0. The standard InChI is InChI=1S/C9H9Cl/c10-9-6-8(9)7-4-2-1-3-5-7/h1-5,8-9H,6H2/t8-,9+/m1/s1. The molecule has 0 unspecified atom stereocenters. The number of halogens is 1. The largest absolute Gasteiger partial charge is 0.122 e. The number of hydrogen-bond acceptors (Lipinski definition) is 0. The third-order valence-electron chi connectivity index (χ3n) is 1.94. The highest BCUT2D eigenvalue weighted by Crippen LogP contribution is 2.44.